The van der Waals surface area contributed by atoms with Crippen LogP contribution in [0.5, 0.6) is 0 Å². The summed E-state index contributed by atoms with van der Waals surface area (Å²) < 4.78 is 3.66. The van der Waals surface area contributed by atoms with Crippen molar-refractivity contribution in [3.63, 3.8) is 0 Å². The zero-order chi connectivity index (χ0) is 18.3. The van der Waals surface area contributed by atoms with Gasteiger partial charge in [0.1, 0.15) is 5.82 Å². The summed E-state index contributed by atoms with van der Waals surface area (Å²) in [6, 6.07) is 11.8. The van der Waals surface area contributed by atoms with E-state index in [0.29, 0.717) is 23.5 Å². The molecule has 3 aromatic rings. The number of nitrogens with one attached hydrogen (secondary N) is 1. The van der Waals surface area contributed by atoms with E-state index < -0.39 is 0 Å². The van der Waals surface area contributed by atoms with E-state index in [1.54, 1.807) is 4.68 Å². The smallest absolute Gasteiger partial charge is 0.278 e. The van der Waals surface area contributed by atoms with Crippen molar-refractivity contribution in [1.29, 1.82) is 0 Å². The zero-order valence-corrected chi connectivity index (χ0v) is 15.2. The molecule has 2 heterocycles. The second-order valence-electron chi connectivity index (χ2n) is 6.88. The molecule has 0 bridgehead atoms. The largest absolute Gasteiger partial charge is 0.288 e. The van der Waals surface area contributed by atoms with E-state index in [4.69, 9.17) is 0 Å². The highest BCUT2D eigenvalue weighted by Gasteiger charge is 2.31. The molecule has 1 fully saturated rings. The maximum absolute atomic E-state index is 12.6. The Hall–Kier alpha value is -2.96. The Labute approximate surface area is 152 Å². The number of amides is 1. The molecule has 1 amide bonds. The van der Waals surface area contributed by atoms with Gasteiger partial charge in [-0.05, 0) is 57.7 Å². The van der Waals surface area contributed by atoms with Gasteiger partial charge in [-0.1, -0.05) is 18.2 Å². The number of hydrogen-bond acceptors (Lipinski definition) is 4. The molecule has 1 aliphatic rings. The van der Waals surface area contributed by atoms with Crippen LogP contribution in [0.15, 0.2) is 36.4 Å². The van der Waals surface area contributed by atoms with Gasteiger partial charge in [0.2, 0.25) is 5.95 Å². The number of rotatable bonds is 5. The Bertz CT molecular complexity index is 938. The maximum atomic E-state index is 12.6. The van der Waals surface area contributed by atoms with Crippen molar-refractivity contribution in [2.75, 3.05) is 5.32 Å². The van der Waals surface area contributed by atoms with Gasteiger partial charge in [-0.25, -0.2) is 4.68 Å². The van der Waals surface area contributed by atoms with Crippen molar-refractivity contribution in [3.05, 3.63) is 53.6 Å². The molecule has 2 aromatic heterocycles. The van der Waals surface area contributed by atoms with Gasteiger partial charge in [-0.2, -0.15) is 10.1 Å². The number of aromatic nitrogens is 5. The molecule has 0 saturated heterocycles. The Morgan fingerprint density at radius 3 is 2.62 bits per heavy atom. The van der Waals surface area contributed by atoms with Gasteiger partial charge < -0.3 is 0 Å². The summed E-state index contributed by atoms with van der Waals surface area (Å²) in [6.07, 6.45) is 2.48. The van der Waals surface area contributed by atoms with Gasteiger partial charge >= 0.3 is 0 Å². The number of carbonyl (C=O) groups is 1. The summed E-state index contributed by atoms with van der Waals surface area (Å²) in [6.45, 7) is 5.99. The molecule has 4 rings (SSSR count). The van der Waals surface area contributed by atoms with E-state index in [1.165, 1.54) is 12.8 Å². The van der Waals surface area contributed by atoms with E-state index in [0.717, 1.165) is 11.4 Å². The first-order valence-corrected chi connectivity index (χ1v) is 8.89. The third-order valence-corrected chi connectivity index (χ3v) is 4.84. The highest BCUT2D eigenvalue weighted by atomic mass is 16.2. The molecule has 1 aromatic carbocycles. The van der Waals surface area contributed by atoms with Crippen molar-refractivity contribution in [1.82, 2.24) is 24.5 Å². The van der Waals surface area contributed by atoms with Crippen LogP contribution in [0.2, 0.25) is 0 Å². The van der Waals surface area contributed by atoms with E-state index >= 15 is 0 Å². The molecule has 1 aliphatic carbocycles. The van der Waals surface area contributed by atoms with Crippen molar-refractivity contribution in [2.24, 2.45) is 5.92 Å². The first-order chi connectivity index (χ1) is 12.5. The standard InChI is InChI=1S/C19H22N6O/c1-12-11-17(22-24(12)13(2)15-9-10-15)18(26)21-19-20-14(3)25(23-19)16-7-5-4-6-8-16/h4-8,11,13,15H,9-10H2,1-3H3,(H,21,23,26). The molecular weight excluding hydrogens is 328 g/mol. The summed E-state index contributed by atoms with van der Waals surface area (Å²) >= 11 is 0. The van der Waals surface area contributed by atoms with E-state index in [1.807, 2.05) is 54.9 Å². The minimum absolute atomic E-state index is 0.277. The number of hydrogen-bond donors (Lipinski definition) is 1. The Morgan fingerprint density at radius 1 is 1.19 bits per heavy atom. The van der Waals surface area contributed by atoms with Gasteiger partial charge in [-0.3, -0.25) is 14.8 Å². The van der Waals surface area contributed by atoms with Crippen LogP contribution in [0.1, 0.15) is 47.8 Å². The fraction of sp³-hybridized carbons (Fsp3) is 0.368. The average Bonchev–Trinajstić information content (AvgIpc) is 3.32. The predicted molar refractivity (Wildman–Crippen MR) is 98.4 cm³/mol. The van der Waals surface area contributed by atoms with Crippen molar-refractivity contribution in [3.8, 4) is 5.69 Å². The number of aryl methyl sites for hydroxylation is 2. The highest BCUT2D eigenvalue weighted by Crippen LogP contribution is 2.39. The minimum atomic E-state index is -0.292. The quantitative estimate of drug-likeness (QED) is 0.766. The SMILES string of the molecule is Cc1nc(NC(=O)c2cc(C)n(C(C)C3CC3)n2)nn1-c1ccccc1. The van der Waals surface area contributed by atoms with Crippen LogP contribution in [0.3, 0.4) is 0 Å². The summed E-state index contributed by atoms with van der Waals surface area (Å²) in [4.78, 5) is 16.9. The first-order valence-electron chi connectivity index (χ1n) is 8.89. The number of anilines is 1. The third-order valence-electron chi connectivity index (χ3n) is 4.84. The summed E-state index contributed by atoms with van der Waals surface area (Å²) in [5, 5.41) is 11.6. The molecule has 1 saturated carbocycles. The molecule has 1 N–H and O–H groups in total. The first kappa shape index (κ1) is 16.5. The van der Waals surface area contributed by atoms with Crippen molar-refractivity contribution < 1.29 is 4.79 Å². The second kappa shape index (κ2) is 6.40. The lowest BCUT2D eigenvalue weighted by atomic mass is 10.2. The lowest BCUT2D eigenvalue weighted by Gasteiger charge is -2.12. The average molecular weight is 350 g/mol. The molecular formula is C19H22N6O. The molecule has 1 atom stereocenters. The van der Waals surface area contributed by atoms with Crippen LogP contribution < -0.4 is 5.32 Å². The third kappa shape index (κ3) is 3.12. The molecule has 0 radical (unpaired) electrons. The van der Waals surface area contributed by atoms with Gasteiger partial charge in [0.25, 0.3) is 5.91 Å². The highest BCUT2D eigenvalue weighted by molar-refractivity contribution is 6.01. The molecule has 7 nitrogen and oxygen atoms in total. The Morgan fingerprint density at radius 2 is 1.92 bits per heavy atom. The van der Waals surface area contributed by atoms with Crippen LogP contribution in [0.4, 0.5) is 5.95 Å². The van der Waals surface area contributed by atoms with E-state index in [9.17, 15) is 4.79 Å². The van der Waals surface area contributed by atoms with Crippen LogP contribution in [0.25, 0.3) is 5.69 Å². The predicted octanol–water partition coefficient (Wildman–Crippen LogP) is 3.30. The summed E-state index contributed by atoms with van der Waals surface area (Å²) in [7, 11) is 0. The number of para-hydroxylation sites is 1. The fourth-order valence-corrected chi connectivity index (χ4v) is 3.21. The Kier molecular flexibility index (Phi) is 4.06. The number of carbonyl (C=O) groups excluding carboxylic acids is 1. The molecule has 134 valence electrons. The monoisotopic (exact) mass is 350 g/mol. The van der Waals surface area contributed by atoms with Gasteiger partial charge in [0.05, 0.1) is 11.7 Å². The summed E-state index contributed by atoms with van der Waals surface area (Å²) in [5.41, 5.74) is 2.29. The summed E-state index contributed by atoms with van der Waals surface area (Å²) in [5.74, 6) is 1.37. The van der Waals surface area contributed by atoms with Crippen LogP contribution in [-0.4, -0.2) is 30.5 Å². The van der Waals surface area contributed by atoms with Crippen LogP contribution in [0, 0.1) is 19.8 Å². The molecule has 26 heavy (non-hydrogen) atoms. The molecule has 7 heteroatoms. The normalized spacial score (nSPS) is 15.0. The van der Waals surface area contributed by atoms with E-state index in [2.05, 4.69) is 27.4 Å². The van der Waals surface area contributed by atoms with Gasteiger partial charge in [0, 0.05) is 5.69 Å². The van der Waals surface area contributed by atoms with Gasteiger partial charge in [0.15, 0.2) is 5.69 Å². The topological polar surface area (TPSA) is 77.6 Å². The number of benzene rings is 1. The molecule has 0 spiro atoms. The van der Waals surface area contributed by atoms with E-state index in [-0.39, 0.29) is 11.9 Å². The molecule has 0 aliphatic heterocycles. The maximum Gasteiger partial charge on any atom is 0.278 e. The lowest BCUT2D eigenvalue weighted by molar-refractivity contribution is 0.102. The minimum Gasteiger partial charge on any atom is -0.288 e. The van der Waals surface area contributed by atoms with Crippen molar-refractivity contribution in [2.45, 2.75) is 39.7 Å². The zero-order valence-electron chi connectivity index (χ0n) is 15.2. The van der Waals surface area contributed by atoms with Crippen molar-refractivity contribution >= 4 is 11.9 Å². The van der Waals surface area contributed by atoms with Crippen LogP contribution in [-0.2, 0) is 0 Å². The Balaban J connectivity index is 1.53. The van der Waals surface area contributed by atoms with Crippen LogP contribution >= 0.6 is 0 Å². The molecule has 1 unspecified atom stereocenters. The lowest BCUT2D eigenvalue weighted by Crippen LogP contribution is -2.16. The number of nitrogens with zero attached hydrogens (tertiary/aromatic N) is 5. The fourth-order valence-electron chi connectivity index (χ4n) is 3.21. The second-order valence-corrected chi connectivity index (χ2v) is 6.88. The van der Waals surface area contributed by atoms with Gasteiger partial charge in [-0.15, -0.1) is 5.10 Å².